The summed E-state index contributed by atoms with van der Waals surface area (Å²) >= 11 is 5.87. The Kier molecular flexibility index (Phi) is 8.67. The van der Waals surface area contributed by atoms with Crippen molar-refractivity contribution in [2.75, 3.05) is 33.9 Å². The first-order chi connectivity index (χ1) is 16.3. The van der Waals surface area contributed by atoms with Crippen LogP contribution in [0.2, 0.25) is 5.02 Å². The minimum absolute atomic E-state index is 0.00451. The number of hydrogen-bond donors (Lipinski definition) is 3. The molecule has 11 heteroatoms. The second kappa shape index (κ2) is 11.7. The van der Waals surface area contributed by atoms with Crippen LogP contribution in [0.1, 0.15) is 21.8 Å². The molecule has 2 aromatic rings. The van der Waals surface area contributed by atoms with E-state index in [2.05, 4.69) is 16.1 Å². The van der Waals surface area contributed by atoms with Crippen molar-refractivity contribution < 1.29 is 27.8 Å². The summed E-state index contributed by atoms with van der Waals surface area (Å²) in [4.78, 5) is 25.9. The van der Waals surface area contributed by atoms with Gasteiger partial charge in [0.2, 0.25) is 0 Å². The van der Waals surface area contributed by atoms with E-state index >= 15 is 0 Å². The van der Waals surface area contributed by atoms with E-state index in [1.54, 1.807) is 13.3 Å². The van der Waals surface area contributed by atoms with Crippen molar-refractivity contribution >= 4 is 23.4 Å². The van der Waals surface area contributed by atoms with Crippen LogP contribution in [0.3, 0.4) is 0 Å². The number of nitrogens with one attached hydrogen (secondary N) is 3. The van der Waals surface area contributed by atoms with Gasteiger partial charge in [0, 0.05) is 60.3 Å². The maximum atomic E-state index is 14.9. The zero-order valence-corrected chi connectivity index (χ0v) is 19.4. The lowest BCUT2D eigenvalue weighted by atomic mass is 9.92. The van der Waals surface area contributed by atoms with Gasteiger partial charge < -0.3 is 25.5 Å². The van der Waals surface area contributed by atoms with E-state index in [0.717, 1.165) is 12.1 Å². The van der Waals surface area contributed by atoms with Crippen molar-refractivity contribution in [3.63, 3.8) is 0 Å². The van der Waals surface area contributed by atoms with Crippen molar-refractivity contribution in [2.24, 2.45) is 0 Å². The fraction of sp³-hybridized carbons (Fsp3) is 0.304. The SMILES string of the molecule is COCCN/C=C\NN1C[C@@H](c2c(F)cc(OC)cc2F)C(NC(=O)c2ccc(Cl)cc2)C1=O. The third-order valence-electron chi connectivity index (χ3n) is 5.25. The summed E-state index contributed by atoms with van der Waals surface area (Å²) in [5.74, 6) is -3.88. The predicted molar refractivity (Wildman–Crippen MR) is 122 cm³/mol. The summed E-state index contributed by atoms with van der Waals surface area (Å²) in [7, 11) is 2.86. The monoisotopic (exact) mass is 494 g/mol. The number of hydrazine groups is 1. The Morgan fingerprint density at radius 1 is 1.18 bits per heavy atom. The van der Waals surface area contributed by atoms with E-state index in [1.165, 1.54) is 42.6 Å². The van der Waals surface area contributed by atoms with Crippen LogP contribution < -0.4 is 20.8 Å². The van der Waals surface area contributed by atoms with E-state index in [4.69, 9.17) is 21.1 Å². The first-order valence-electron chi connectivity index (χ1n) is 10.4. The molecule has 0 bridgehead atoms. The molecule has 1 heterocycles. The van der Waals surface area contributed by atoms with Gasteiger partial charge in [-0.2, -0.15) is 0 Å². The maximum absolute atomic E-state index is 14.9. The first-order valence-corrected chi connectivity index (χ1v) is 10.8. The largest absolute Gasteiger partial charge is 0.497 e. The molecule has 0 saturated carbocycles. The molecular weight excluding hydrogens is 470 g/mol. The molecule has 1 aliphatic heterocycles. The quantitative estimate of drug-likeness (QED) is 0.440. The summed E-state index contributed by atoms with van der Waals surface area (Å²) in [5.41, 5.74) is 2.71. The molecule has 0 spiro atoms. The number of carbonyl (C=O) groups is 2. The summed E-state index contributed by atoms with van der Waals surface area (Å²) in [6, 6.07) is 6.90. The van der Waals surface area contributed by atoms with Crippen molar-refractivity contribution in [3.05, 3.63) is 76.6 Å². The first kappa shape index (κ1) is 25.3. The smallest absolute Gasteiger partial charge is 0.264 e. The van der Waals surface area contributed by atoms with Gasteiger partial charge in [-0.05, 0) is 24.3 Å². The van der Waals surface area contributed by atoms with E-state index in [0.29, 0.717) is 18.2 Å². The second-order valence-corrected chi connectivity index (χ2v) is 7.86. The van der Waals surface area contributed by atoms with Crippen LogP contribution in [0.4, 0.5) is 8.78 Å². The molecule has 2 atom stereocenters. The Hall–Kier alpha value is -3.37. The molecule has 3 rings (SSSR count). The van der Waals surface area contributed by atoms with Gasteiger partial charge >= 0.3 is 0 Å². The van der Waals surface area contributed by atoms with Crippen molar-refractivity contribution in [1.29, 1.82) is 0 Å². The summed E-state index contributed by atoms with van der Waals surface area (Å²) in [6.07, 6.45) is 3.03. The van der Waals surface area contributed by atoms with E-state index in [9.17, 15) is 18.4 Å². The zero-order valence-electron chi connectivity index (χ0n) is 18.6. The lowest BCUT2D eigenvalue weighted by Gasteiger charge is -2.20. The summed E-state index contributed by atoms with van der Waals surface area (Å²) < 4.78 is 39.6. The Morgan fingerprint density at radius 3 is 2.47 bits per heavy atom. The Balaban J connectivity index is 1.85. The fourth-order valence-electron chi connectivity index (χ4n) is 3.56. The maximum Gasteiger partial charge on any atom is 0.264 e. The van der Waals surface area contributed by atoms with Gasteiger partial charge in [-0.15, -0.1) is 0 Å². The molecular formula is C23H25ClF2N4O4. The highest BCUT2D eigenvalue weighted by molar-refractivity contribution is 6.30. The average molecular weight is 495 g/mol. The van der Waals surface area contributed by atoms with Crippen LogP contribution in [0.5, 0.6) is 5.75 Å². The highest BCUT2D eigenvalue weighted by atomic mass is 35.5. The third-order valence-corrected chi connectivity index (χ3v) is 5.50. The number of benzene rings is 2. The number of methoxy groups -OCH3 is 2. The van der Waals surface area contributed by atoms with E-state index in [-0.39, 0.29) is 23.4 Å². The van der Waals surface area contributed by atoms with Crippen molar-refractivity contribution in [1.82, 2.24) is 21.1 Å². The topological polar surface area (TPSA) is 91.9 Å². The van der Waals surface area contributed by atoms with E-state index in [1.807, 2.05) is 0 Å². The molecule has 1 aliphatic rings. The highest BCUT2D eigenvalue weighted by Gasteiger charge is 2.44. The Bertz CT molecular complexity index is 1030. The third kappa shape index (κ3) is 5.95. The number of rotatable bonds is 10. The van der Waals surface area contributed by atoms with Crippen LogP contribution in [0.15, 0.2) is 48.8 Å². The van der Waals surface area contributed by atoms with Gasteiger partial charge in [-0.3, -0.25) is 14.6 Å². The number of carbonyl (C=O) groups excluding carboxylic acids is 2. The lowest BCUT2D eigenvalue weighted by molar-refractivity contribution is -0.131. The van der Waals surface area contributed by atoms with Crippen LogP contribution in [0, 0.1) is 11.6 Å². The minimum atomic E-state index is -1.22. The van der Waals surface area contributed by atoms with E-state index < -0.39 is 35.4 Å². The van der Waals surface area contributed by atoms with Gasteiger partial charge in [0.1, 0.15) is 23.4 Å². The zero-order chi connectivity index (χ0) is 24.7. The highest BCUT2D eigenvalue weighted by Crippen LogP contribution is 2.34. The molecule has 2 aromatic carbocycles. The second-order valence-electron chi connectivity index (χ2n) is 7.43. The molecule has 1 fully saturated rings. The molecule has 8 nitrogen and oxygen atoms in total. The number of halogens is 3. The molecule has 0 aromatic heterocycles. The summed E-state index contributed by atoms with van der Waals surface area (Å²) in [5, 5.41) is 7.19. The number of amides is 2. The minimum Gasteiger partial charge on any atom is -0.497 e. The van der Waals surface area contributed by atoms with Gasteiger partial charge in [-0.25, -0.2) is 8.78 Å². The number of hydrogen-bond acceptors (Lipinski definition) is 6. The molecule has 182 valence electrons. The fourth-order valence-corrected chi connectivity index (χ4v) is 3.68. The van der Waals surface area contributed by atoms with Crippen molar-refractivity contribution in [3.8, 4) is 5.75 Å². The molecule has 34 heavy (non-hydrogen) atoms. The molecule has 0 aliphatic carbocycles. The van der Waals surface area contributed by atoms with Crippen LogP contribution in [0.25, 0.3) is 0 Å². The Labute approximate surface area is 200 Å². The van der Waals surface area contributed by atoms with Gasteiger partial charge in [0.25, 0.3) is 11.8 Å². The lowest BCUT2D eigenvalue weighted by Crippen LogP contribution is -2.45. The molecule has 2 amide bonds. The molecule has 3 N–H and O–H groups in total. The van der Waals surface area contributed by atoms with Crippen LogP contribution in [-0.4, -0.2) is 56.8 Å². The normalized spacial score (nSPS) is 17.8. The molecule has 1 saturated heterocycles. The van der Waals surface area contributed by atoms with Crippen molar-refractivity contribution in [2.45, 2.75) is 12.0 Å². The number of ether oxygens (including phenoxy) is 2. The predicted octanol–water partition coefficient (Wildman–Crippen LogP) is 2.56. The van der Waals surface area contributed by atoms with Gasteiger partial charge in [-0.1, -0.05) is 11.6 Å². The summed E-state index contributed by atoms with van der Waals surface area (Å²) in [6.45, 7) is 0.949. The van der Waals surface area contributed by atoms with Gasteiger partial charge in [0.15, 0.2) is 0 Å². The van der Waals surface area contributed by atoms with Crippen LogP contribution >= 0.6 is 11.6 Å². The van der Waals surface area contributed by atoms with Crippen LogP contribution in [-0.2, 0) is 9.53 Å². The van der Waals surface area contributed by atoms with Gasteiger partial charge in [0.05, 0.1) is 20.3 Å². The molecule has 1 unspecified atom stereocenters. The molecule has 0 radical (unpaired) electrons. The number of nitrogens with zero attached hydrogens (tertiary/aromatic N) is 1. The Morgan fingerprint density at radius 2 is 1.85 bits per heavy atom. The standard InChI is InChI=1S/C23H25ClF2N4O4/c1-33-10-9-27-7-8-28-30-13-17(20-18(25)11-16(34-2)12-19(20)26)21(23(30)32)29-22(31)14-3-5-15(24)6-4-14/h3-8,11-12,17,21,27-28H,9-10,13H2,1-2H3,(H,29,31)/b8-7-/t17-,21?/m0/s1. The average Bonchev–Trinajstić information content (AvgIpc) is 3.11.